The molecular formula is C24H36N10O3. The smallest absolute Gasteiger partial charge is 0.327 e. The van der Waals surface area contributed by atoms with Crippen molar-refractivity contribution in [1.29, 1.82) is 0 Å². The van der Waals surface area contributed by atoms with Crippen molar-refractivity contribution < 1.29 is 14.2 Å². The minimum atomic E-state index is -0.223. The summed E-state index contributed by atoms with van der Waals surface area (Å²) in [5, 5.41) is 6.87. The van der Waals surface area contributed by atoms with Crippen LogP contribution in [0.3, 0.4) is 0 Å². The fourth-order valence-electron chi connectivity index (χ4n) is 5.73. The van der Waals surface area contributed by atoms with E-state index in [-0.39, 0.29) is 24.2 Å². The third-order valence-electron chi connectivity index (χ3n) is 7.74. The summed E-state index contributed by atoms with van der Waals surface area (Å²) in [5.41, 5.74) is 0. The van der Waals surface area contributed by atoms with Crippen molar-refractivity contribution in [1.82, 2.24) is 50.3 Å². The predicted molar refractivity (Wildman–Crippen MR) is 132 cm³/mol. The summed E-state index contributed by atoms with van der Waals surface area (Å²) in [5.74, 6) is 1.12. The lowest BCUT2D eigenvalue weighted by molar-refractivity contribution is -0.0532. The standard InChI is InChI=1S/C24H36N10O3/c1-5-25-6-2-17(1)33-9-11-35-19(13-33)21-27-15-29-23(31-21)37-24-30-16-28-22(32-24)20-14-34(10-12-36-20)18-3-7-26-8-4-18/h15-20,25-26H,1-14H2. The number of nitrogens with zero attached hydrogens (tertiary/aromatic N) is 8. The van der Waals surface area contributed by atoms with Gasteiger partial charge in [-0.15, -0.1) is 0 Å². The molecular weight excluding hydrogens is 476 g/mol. The first-order valence-corrected chi connectivity index (χ1v) is 13.5. The molecule has 0 amide bonds. The van der Waals surface area contributed by atoms with Gasteiger partial charge < -0.3 is 24.8 Å². The second kappa shape index (κ2) is 12.0. The van der Waals surface area contributed by atoms with E-state index in [9.17, 15) is 0 Å². The Kier molecular flexibility index (Phi) is 8.05. The van der Waals surface area contributed by atoms with Crippen molar-refractivity contribution in [2.75, 3.05) is 65.6 Å². The lowest BCUT2D eigenvalue weighted by atomic mass is 10.0. The Hall–Kier alpha value is -2.42. The summed E-state index contributed by atoms with van der Waals surface area (Å²) < 4.78 is 17.9. The van der Waals surface area contributed by atoms with Crippen LogP contribution in [0.15, 0.2) is 12.7 Å². The van der Waals surface area contributed by atoms with Gasteiger partial charge >= 0.3 is 12.0 Å². The second-order valence-electron chi connectivity index (χ2n) is 10.0. The van der Waals surface area contributed by atoms with Crippen LogP contribution in [0, 0.1) is 0 Å². The summed E-state index contributed by atoms with van der Waals surface area (Å²) in [4.78, 5) is 31.2. The van der Waals surface area contributed by atoms with Gasteiger partial charge in [0.05, 0.1) is 13.2 Å². The SMILES string of the molecule is c1nc(Oc2ncnc(C3CN(C4CCNCC4)CCO3)n2)nc(C2CN(C3CCNCC3)CCO2)n1. The average molecular weight is 513 g/mol. The largest absolute Gasteiger partial charge is 0.388 e. The van der Waals surface area contributed by atoms with Gasteiger partial charge in [-0.2, -0.15) is 19.9 Å². The molecule has 4 aliphatic rings. The average Bonchev–Trinajstić information content (AvgIpc) is 2.98. The van der Waals surface area contributed by atoms with Crippen LogP contribution in [0.5, 0.6) is 12.0 Å². The third-order valence-corrected chi connectivity index (χ3v) is 7.74. The van der Waals surface area contributed by atoms with Gasteiger partial charge in [0.1, 0.15) is 24.9 Å². The van der Waals surface area contributed by atoms with E-state index >= 15 is 0 Å². The molecule has 0 bridgehead atoms. The molecule has 13 heteroatoms. The number of hydrogen-bond acceptors (Lipinski definition) is 13. The van der Waals surface area contributed by atoms with Crippen LogP contribution < -0.4 is 15.4 Å². The lowest BCUT2D eigenvalue weighted by Crippen LogP contribution is -2.49. The Morgan fingerprint density at radius 3 is 1.59 bits per heavy atom. The third kappa shape index (κ3) is 6.19. The molecule has 2 unspecified atom stereocenters. The van der Waals surface area contributed by atoms with Crippen molar-refractivity contribution in [2.24, 2.45) is 0 Å². The molecule has 4 fully saturated rings. The van der Waals surface area contributed by atoms with Crippen molar-refractivity contribution in [3.05, 3.63) is 24.3 Å². The Bertz CT molecular complexity index is 940. The molecule has 2 aromatic heterocycles. The molecule has 0 radical (unpaired) electrons. The first-order valence-electron chi connectivity index (χ1n) is 13.5. The first kappa shape index (κ1) is 24.9. The highest BCUT2D eigenvalue weighted by Gasteiger charge is 2.31. The monoisotopic (exact) mass is 512 g/mol. The van der Waals surface area contributed by atoms with Gasteiger partial charge in [-0.05, 0) is 51.9 Å². The van der Waals surface area contributed by atoms with Crippen LogP contribution in [-0.2, 0) is 9.47 Å². The van der Waals surface area contributed by atoms with Crippen LogP contribution in [0.2, 0.25) is 0 Å². The highest BCUT2D eigenvalue weighted by atomic mass is 16.5. The lowest BCUT2D eigenvalue weighted by Gasteiger charge is -2.39. The van der Waals surface area contributed by atoms with E-state index in [0.717, 1.165) is 78.0 Å². The maximum atomic E-state index is 6.02. The van der Waals surface area contributed by atoms with Gasteiger partial charge in [-0.1, -0.05) is 0 Å². The maximum absolute atomic E-state index is 6.02. The number of morpholine rings is 2. The van der Waals surface area contributed by atoms with Crippen LogP contribution in [0.4, 0.5) is 0 Å². The minimum absolute atomic E-state index is 0.144. The number of aromatic nitrogens is 6. The van der Waals surface area contributed by atoms with Crippen molar-refractivity contribution >= 4 is 0 Å². The van der Waals surface area contributed by atoms with Crippen molar-refractivity contribution in [2.45, 2.75) is 50.0 Å². The molecule has 0 aromatic carbocycles. The van der Waals surface area contributed by atoms with Crippen molar-refractivity contribution in [3.63, 3.8) is 0 Å². The van der Waals surface area contributed by atoms with E-state index in [4.69, 9.17) is 14.2 Å². The molecule has 6 rings (SSSR count). The molecule has 0 spiro atoms. The summed E-state index contributed by atoms with van der Waals surface area (Å²) >= 11 is 0. The fraction of sp³-hybridized carbons (Fsp3) is 0.750. The number of hydrogen-bond donors (Lipinski definition) is 2. The van der Waals surface area contributed by atoms with E-state index in [0.29, 0.717) is 36.9 Å². The quantitative estimate of drug-likeness (QED) is 0.542. The highest BCUT2D eigenvalue weighted by Crippen LogP contribution is 2.26. The van der Waals surface area contributed by atoms with E-state index in [1.165, 1.54) is 12.7 Å². The number of piperidine rings is 2. The van der Waals surface area contributed by atoms with E-state index in [1.54, 1.807) is 0 Å². The molecule has 13 nitrogen and oxygen atoms in total. The first-order chi connectivity index (χ1) is 18.3. The maximum Gasteiger partial charge on any atom is 0.327 e. The molecule has 37 heavy (non-hydrogen) atoms. The molecule has 4 saturated heterocycles. The molecule has 200 valence electrons. The van der Waals surface area contributed by atoms with Crippen molar-refractivity contribution in [3.8, 4) is 12.0 Å². The van der Waals surface area contributed by atoms with Gasteiger partial charge in [0.25, 0.3) is 0 Å². The molecule has 0 saturated carbocycles. The van der Waals surface area contributed by atoms with E-state index < -0.39 is 0 Å². The fourth-order valence-corrected chi connectivity index (χ4v) is 5.73. The Balaban J connectivity index is 1.10. The van der Waals surface area contributed by atoms with Gasteiger partial charge in [0.15, 0.2) is 11.6 Å². The van der Waals surface area contributed by atoms with Gasteiger partial charge in [0.2, 0.25) is 0 Å². The summed E-state index contributed by atoms with van der Waals surface area (Å²) in [6.07, 6.45) is 7.07. The van der Waals surface area contributed by atoms with Crippen LogP contribution in [-0.4, -0.2) is 117 Å². The molecule has 2 atom stereocenters. The molecule has 6 heterocycles. The van der Waals surface area contributed by atoms with E-state index in [2.05, 4.69) is 50.3 Å². The zero-order chi connectivity index (χ0) is 24.9. The normalized spacial score (nSPS) is 27.2. The molecule has 2 N–H and O–H groups in total. The second-order valence-corrected chi connectivity index (χ2v) is 10.0. The Labute approximate surface area is 216 Å². The highest BCUT2D eigenvalue weighted by molar-refractivity contribution is 5.08. The Morgan fingerprint density at radius 2 is 1.14 bits per heavy atom. The number of rotatable bonds is 6. The molecule has 0 aliphatic carbocycles. The number of nitrogens with one attached hydrogen (secondary N) is 2. The Morgan fingerprint density at radius 1 is 0.676 bits per heavy atom. The topological polar surface area (TPSA) is 136 Å². The summed E-state index contributed by atoms with van der Waals surface area (Å²) in [7, 11) is 0. The van der Waals surface area contributed by atoms with E-state index in [1.807, 2.05) is 0 Å². The number of ether oxygens (including phenoxy) is 3. The summed E-state index contributed by atoms with van der Waals surface area (Å²) in [6, 6.07) is 1.43. The summed E-state index contributed by atoms with van der Waals surface area (Å²) in [6.45, 7) is 8.94. The van der Waals surface area contributed by atoms with Crippen LogP contribution in [0.1, 0.15) is 49.5 Å². The van der Waals surface area contributed by atoms with Crippen LogP contribution in [0.25, 0.3) is 0 Å². The zero-order valence-electron chi connectivity index (χ0n) is 21.2. The van der Waals surface area contributed by atoms with Gasteiger partial charge in [-0.25, -0.2) is 9.97 Å². The molecule has 2 aromatic rings. The van der Waals surface area contributed by atoms with Gasteiger partial charge in [-0.3, -0.25) is 9.80 Å². The molecule has 4 aliphatic heterocycles. The predicted octanol–water partition coefficient (Wildman–Crippen LogP) is 0.0995. The zero-order valence-corrected chi connectivity index (χ0v) is 21.2. The van der Waals surface area contributed by atoms with Gasteiger partial charge in [0, 0.05) is 38.3 Å². The minimum Gasteiger partial charge on any atom is -0.388 e. The van der Waals surface area contributed by atoms with Crippen LogP contribution >= 0.6 is 0 Å².